The summed E-state index contributed by atoms with van der Waals surface area (Å²) in [5, 5.41) is 0. The molecule has 16 heavy (non-hydrogen) atoms. The number of terminal acetylenes is 1. The highest BCUT2D eigenvalue weighted by Gasteiger charge is 2.20. The third kappa shape index (κ3) is 2.32. The van der Waals surface area contributed by atoms with Crippen molar-refractivity contribution < 1.29 is 12.8 Å². The molecule has 0 fully saturated rings. The third-order valence-electron chi connectivity index (χ3n) is 1.99. The van der Waals surface area contributed by atoms with Crippen LogP contribution >= 0.6 is 0 Å². The largest absolute Gasteiger partial charge is 0.396 e. The van der Waals surface area contributed by atoms with Crippen LogP contribution in [0.3, 0.4) is 0 Å². The summed E-state index contributed by atoms with van der Waals surface area (Å²) in [6.45, 7) is -0.0559. The highest BCUT2D eigenvalue weighted by molar-refractivity contribution is 7.89. The van der Waals surface area contributed by atoms with Crippen LogP contribution in [0, 0.1) is 18.2 Å². The van der Waals surface area contributed by atoms with Gasteiger partial charge >= 0.3 is 0 Å². The van der Waals surface area contributed by atoms with E-state index in [0.717, 1.165) is 22.5 Å². The second kappa shape index (κ2) is 4.51. The van der Waals surface area contributed by atoms with Gasteiger partial charge in [-0.3, -0.25) is 0 Å². The number of benzene rings is 1. The molecule has 0 radical (unpaired) electrons. The fraction of sp³-hybridized carbons (Fsp3) is 0.200. The molecule has 0 amide bonds. The molecule has 4 nitrogen and oxygen atoms in total. The molecule has 0 unspecified atom stereocenters. The molecule has 0 heterocycles. The summed E-state index contributed by atoms with van der Waals surface area (Å²) in [5.74, 6) is 1.56. The molecule has 0 aliphatic rings. The molecule has 0 spiro atoms. The number of sulfonamides is 1. The zero-order valence-corrected chi connectivity index (χ0v) is 9.46. The van der Waals surface area contributed by atoms with Crippen LogP contribution in [0.5, 0.6) is 0 Å². The lowest BCUT2D eigenvalue weighted by molar-refractivity contribution is 0.503. The molecule has 0 aliphatic carbocycles. The van der Waals surface area contributed by atoms with Crippen molar-refractivity contribution in [2.75, 3.05) is 19.3 Å². The third-order valence-corrected chi connectivity index (χ3v) is 3.79. The summed E-state index contributed by atoms with van der Waals surface area (Å²) in [6.07, 6.45) is 5.02. The quantitative estimate of drug-likeness (QED) is 0.625. The standard InChI is InChI=1S/C10H11FN2O2S/c1-3-6-13(2)16(14,15)8-4-5-9(11)10(12)7-8/h1,4-5,7H,6,12H2,2H3. The Balaban J connectivity index is 3.18. The average molecular weight is 242 g/mol. The fourth-order valence-corrected chi connectivity index (χ4v) is 2.20. The summed E-state index contributed by atoms with van der Waals surface area (Å²) < 4.78 is 37.5. The van der Waals surface area contributed by atoms with E-state index in [1.165, 1.54) is 7.05 Å². The van der Waals surface area contributed by atoms with Crippen molar-refractivity contribution in [2.45, 2.75) is 4.90 Å². The van der Waals surface area contributed by atoms with Crippen LogP contribution in [0.2, 0.25) is 0 Å². The van der Waals surface area contributed by atoms with Gasteiger partial charge in [0.05, 0.1) is 17.1 Å². The van der Waals surface area contributed by atoms with E-state index < -0.39 is 15.8 Å². The molecule has 0 aliphatic heterocycles. The van der Waals surface area contributed by atoms with Gasteiger partial charge in [-0.25, -0.2) is 12.8 Å². The number of rotatable bonds is 3. The molecule has 6 heteroatoms. The first kappa shape index (κ1) is 12.5. The first-order chi connectivity index (χ1) is 7.39. The number of hydrogen-bond acceptors (Lipinski definition) is 3. The lowest BCUT2D eigenvalue weighted by Gasteiger charge is -2.14. The van der Waals surface area contributed by atoms with Gasteiger partial charge in [0.1, 0.15) is 5.82 Å². The SMILES string of the molecule is C#CCN(C)S(=O)(=O)c1ccc(F)c(N)c1. The predicted octanol–water partition coefficient (Wildman–Crippen LogP) is 0.662. The van der Waals surface area contributed by atoms with Gasteiger partial charge in [-0.1, -0.05) is 5.92 Å². The number of anilines is 1. The van der Waals surface area contributed by atoms with Crippen molar-refractivity contribution in [3.8, 4) is 12.3 Å². The molecule has 1 aromatic carbocycles. The van der Waals surface area contributed by atoms with Crippen molar-refractivity contribution in [1.82, 2.24) is 4.31 Å². The molecular weight excluding hydrogens is 231 g/mol. The minimum atomic E-state index is -3.70. The Morgan fingerprint density at radius 2 is 2.19 bits per heavy atom. The molecule has 1 aromatic rings. The van der Waals surface area contributed by atoms with Crippen LogP contribution in [0.1, 0.15) is 0 Å². The Bertz CT molecular complexity index is 534. The average Bonchev–Trinajstić information content (AvgIpc) is 2.22. The molecule has 0 aromatic heterocycles. The Morgan fingerprint density at radius 3 is 2.69 bits per heavy atom. The van der Waals surface area contributed by atoms with Crippen LogP contribution in [-0.4, -0.2) is 26.3 Å². The van der Waals surface area contributed by atoms with E-state index in [1.807, 2.05) is 0 Å². The molecule has 1 rings (SSSR count). The van der Waals surface area contributed by atoms with Gasteiger partial charge in [-0.2, -0.15) is 4.31 Å². The molecule has 0 saturated heterocycles. The highest BCUT2D eigenvalue weighted by Crippen LogP contribution is 2.19. The summed E-state index contributed by atoms with van der Waals surface area (Å²) >= 11 is 0. The van der Waals surface area contributed by atoms with Crippen LogP contribution in [0.25, 0.3) is 0 Å². The topological polar surface area (TPSA) is 63.4 Å². The van der Waals surface area contributed by atoms with Crippen molar-refractivity contribution >= 4 is 15.7 Å². The van der Waals surface area contributed by atoms with Gasteiger partial charge in [0, 0.05) is 7.05 Å². The number of nitrogens with two attached hydrogens (primary N) is 1. The van der Waals surface area contributed by atoms with Gasteiger partial charge in [0.15, 0.2) is 0 Å². The smallest absolute Gasteiger partial charge is 0.243 e. The van der Waals surface area contributed by atoms with E-state index in [2.05, 4.69) is 5.92 Å². The number of nitrogens with zero attached hydrogens (tertiary/aromatic N) is 1. The maximum Gasteiger partial charge on any atom is 0.243 e. The Kier molecular flexibility index (Phi) is 3.52. The Morgan fingerprint density at radius 1 is 1.56 bits per heavy atom. The van der Waals surface area contributed by atoms with Crippen LogP contribution in [-0.2, 0) is 10.0 Å². The van der Waals surface area contributed by atoms with E-state index in [0.29, 0.717) is 0 Å². The van der Waals surface area contributed by atoms with E-state index in [-0.39, 0.29) is 17.1 Å². The van der Waals surface area contributed by atoms with E-state index in [1.54, 1.807) is 0 Å². The van der Waals surface area contributed by atoms with Crippen molar-refractivity contribution in [1.29, 1.82) is 0 Å². The highest BCUT2D eigenvalue weighted by atomic mass is 32.2. The van der Waals surface area contributed by atoms with Gasteiger partial charge in [0.2, 0.25) is 10.0 Å². The predicted molar refractivity (Wildman–Crippen MR) is 59.5 cm³/mol. The van der Waals surface area contributed by atoms with Crippen LogP contribution in [0.4, 0.5) is 10.1 Å². The maximum atomic E-state index is 12.9. The lowest BCUT2D eigenvalue weighted by atomic mass is 10.3. The maximum absolute atomic E-state index is 12.9. The van der Waals surface area contributed by atoms with Gasteiger partial charge in [0.25, 0.3) is 0 Å². The monoisotopic (exact) mass is 242 g/mol. The molecule has 0 bridgehead atoms. The molecule has 0 atom stereocenters. The van der Waals surface area contributed by atoms with E-state index in [9.17, 15) is 12.8 Å². The summed E-state index contributed by atoms with van der Waals surface area (Å²) in [5.41, 5.74) is 5.08. The summed E-state index contributed by atoms with van der Waals surface area (Å²) in [4.78, 5) is -0.0795. The first-order valence-electron chi connectivity index (χ1n) is 4.34. The van der Waals surface area contributed by atoms with Crippen LogP contribution < -0.4 is 5.73 Å². The summed E-state index contributed by atoms with van der Waals surface area (Å²) in [7, 11) is -2.35. The minimum absolute atomic E-state index is 0.0559. The first-order valence-corrected chi connectivity index (χ1v) is 5.78. The second-order valence-corrected chi connectivity index (χ2v) is 5.19. The zero-order valence-electron chi connectivity index (χ0n) is 8.64. The number of nitrogen functional groups attached to an aromatic ring is 1. The van der Waals surface area contributed by atoms with Gasteiger partial charge < -0.3 is 5.73 Å². The van der Waals surface area contributed by atoms with Crippen molar-refractivity contribution in [3.05, 3.63) is 24.0 Å². The fourth-order valence-electron chi connectivity index (χ4n) is 1.08. The van der Waals surface area contributed by atoms with Gasteiger partial charge in [-0.15, -0.1) is 6.42 Å². The Hall–Kier alpha value is -1.58. The van der Waals surface area contributed by atoms with Crippen molar-refractivity contribution in [2.24, 2.45) is 0 Å². The van der Waals surface area contributed by atoms with Gasteiger partial charge in [-0.05, 0) is 18.2 Å². The molecule has 86 valence electrons. The Labute approximate surface area is 93.9 Å². The number of halogens is 1. The molecule has 2 N–H and O–H groups in total. The van der Waals surface area contributed by atoms with Crippen LogP contribution in [0.15, 0.2) is 23.1 Å². The second-order valence-electron chi connectivity index (χ2n) is 3.15. The van der Waals surface area contributed by atoms with Crippen molar-refractivity contribution in [3.63, 3.8) is 0 Å². The van der Waals surface area contributed by atoms with E-state index >= 15 is 0 Å². The van der Waals surface area contributed by atoms with E-state index in [4.69, 9.17) is 12.2 Å². The molecular formula is C10H11FN2O2S. The lowest BCUT2D eigenvalue weighted by Crippen LogP contribution is -2.27. The normalized spacial score (nSPS) is 11.4. The molecule has 0 saturated carbocycles. The zero-order chi connectivity index (χ0) is 12.3. The summed E-state index contributed by atoms with van der Waals surface area (Å²) in [6, 6.07) is 3.22. The number of hydrogen-bond donors (Lipinski definition) is 1. The minimum Gasteiger partial charge on any atom is -0.396 e.